The lowest BCUT2D eigenvalue weighted by atomic mass is 10.1. The Labute approximate surface area is 163 Å². The van der Waals surface area contributed by atoms with Gasteiger partial charge in [0.05, 0.1) is 24.4 Å². The number of carbonyl (C=O) groups excluding carboxylic acids is 1. The highest BCUT2D eigenvalue weighted by Crippen LogP contribution is 2.32. The van der Waals surface area contributed by atoms with Gasteiger partial charge in [-0.15, -0.1) is 0 Å². The summed E-state index contributed by atoms with van der Waals surface area (Å²) in [6.45, 7) is 0.542. The van der Waals surface area contributed by atoms with Crippen molar-refractivity contribution in [3.63, 3.8) is 0 Å². The van der Waals surface area contributed by atoms with Crippen LogP contribution in [0.4, 0.5) is 5.69 Å². The molecule has 1 atom stereocenters. The van der Waals surface area contributed by atoms with Crippen LogP contribution in [0.1, 0.15) is 25.7 Å². The van der Waals surface area contributed by atoms with E-state index in [9.17, 15) is 4.79 Å². The number of hydrogen-bond acceptors (Lipinski definition) is 5. The number of nitrogens with zero attached hydrogens (tertiary/aromatic N) is 5. The second-order valence-electron chi connectivity index (χ2n) is 6.88. The summed E-state index contributed by atoms with van der Waals surface area (Å²) in [6, 6.07) is 9.60. The molecule has 5 rings (SSSR count). The smallest absolute Gasteiger partial charge is 0.244 e. The molecule has 4 heterocycles. The van der Waals surface area contributed by atoms with E-state index in [2.05, 4.69) is 16.2 Å². The Morgan fingerprint density at radius 2 is 2.00 bits per heavy atom. The fourth-order valence-electron chi connectivity index (χ4n) is 3.13. The maximum absolute atomic E-state index is 12.4. The molecule has 1 aliphatic heterocycles. The number of rotatable bonds is 3. The van der Waals surface area contributed by atoms with E-state index >= 15 is 0 Å². The number of methoxy groups -OCH3 is 1. The molecular formula is C21H21N5O2. The van der Waals surface area contributed by atoms with Crippen molar-refractivity contribution in [3.8, 4) is 23.1 Å². The number of aromatic nitrogens is 3. The van der Waals surface area contributed by atoms with E-state index < -0.39 is 5.92 Å². The molecule has 0 bridgehead atoms. The van der Waals surface area contributed by atoms with Gasteiger partial charge in [-0.3, -0.25) is 4.79 Å². The maximum atomic E-state index is 12.4. The summed E-state index contributed by atoms with van der Waals surface area (Å²) in [7, 11) is 1.58. The Kier molecular flexibility index (Phi) is 4.94. The molecule has 0 aromatic carbocycles. The molecule has 0 N–H and O–H groups in total. The fourth-order valence-corrected chi connectivity index (χ4v) is 3.13. The van der Waals surface area contributed by atoms with Gasteiger partial charge in [-0.05, 0) is 30.2 Å². The third-order valence-corrected chi connectivity index (χ3v) is 4.77. The van der Waals surface area contributed by atoms with Crippen molar-refractivity contribution in [2.45, 2.75) is 25.7 Å². The van der Waals surface area contributed by atoms with Crippen molar-refractivity contribution in [3.05, 3.63) is 42.9 Å². The summed E-state index contributed by atoms with van der Waals surface area (Å²) in [4.78, 5) is 18.2. The van der Waals surface area contributed by atoms with Crippen molar-refractivity contribution in [1.29, 1.82) is 5.26 Å². The van der Waals surface area contributed by atoms with E-state index in [1.165, 1.54) is 19.3 Å². The number of hydrogen-bond donors (Lipinski definition) is 0. The number of ether oxygens (including phenoxy) is 1. The molecule has 1 amide bonds. The molecule has 0 spiro atoms. The fraction of sp³-hybridized carbons (Fsp3) is 0.333. The van der Waals surface area contributed by atoms with E-state index in [-0.39, 0.29) is 5.91 Å². The van der Waals surface area contributed by atoms with Gasteiger partial charge in [0.15, 0.2) is 0 Å². The second-order valence-corrected chi connectivity index (χ2v) is 6.88. The standard InChI is InChI=1S/C18H15N5O2.C3H6/c1-25-17-9-12(2-5-20-17)14-8-16-15(3-6-21-23(16)11-14)22-7-4-13(10-19)18(22)24;1-2-3-1/h2-3,5-6,8-9,11,13H,4,7H2,1H3;1-3H2. The highest BCUT2D eigenvalue weighted by molar-refractivity contribution is 6.02. The normalized spacial score (nSPS) is 17.8. The first-order valence-electron chi connectivity index (χ1n) is 9.40. The van der Waals surface area contributed by atoms with E-state index in [0.717, 1.165) is 22.3 Å². The summed E-state index contributed by atoms with van der Waals surface area (Å²) in [5.41, 5.74) is 3.49. The summed E-state index contributed by atoms with van der Waals surface area (Å²) in [5, 5.41) is 13.4. The number of nitriles is 1. The van der Waals surface area contributed by atoms with Crippen LogP contribution < -0.4 is 9.64 Å². The quantitative estimate of drug-likeness (QED) is 0.700. The lowest BCUT2D eigenvalue weighted by Gasteiger charge is -2.16. The lowest BCUT2D eigenvalue weighted by molar-refractivity contribution is -0.118. The Balaban J connectivity index is 0.000000586. The van der Waals surface area contributed by atoms with Crippen molar-refractivity contribution >= 4 is 17.1 Å². The van der Waals surface area contributed by atoms with Crippen molar-refractivity contribution < 1.29 is 9.53 Å². The zero-order valence-electron chi connectivity index (χ0n) is 15.7. The minimum atomic E-state index is -0.563. The average Bonchev–Trinajstić information content (AvgIpc) is 3.48. The van der Waals surface area contributed by atoms with Gasteiger partial charge in [-0.25, -0.2) is 9.50 Å². The molecule has 3 aromatic heterocycles. The third kappa shape index (κ3) is 3.54. The highest BCUT2D eigenvalue weighted by atomic mass is 16.5. The zero-order chi connectivity index (χ0) is 19.5. The maximum Gasteiger partial charge on any atom is 0.244 e. The topological polar surface area (TPSA) is 83.5 Å². The Bertz CT molecular complexity index is 1050. The van der Waals surface area contributed by atoms with Crippen LogP contribution in [0.15, 0.2) is 42.9 Å². The summed E-state index contributed by atoms with van der Waals surface area (Å²) in [5.74, 6) is -0.177. The Hall–Kier alpha value is -3.40. The van der Waals surface area contributed by atoms with Gasteiger partial charge in [-0.2, -0.15) is 10.4 Å². The largest absolute Gasteiger partial charge is 0.481 e. The van der Waals surface area contributed by atoms with Crippen molar-refractivity contribution in [2.24, 2.45) is 5.92 Å². The van der Waals surface area contributed by atoms with Crippen LogP contribution in [0.3, 0.4) is 0 Å². The average molecular weight is 375 g/mol. The molecule has 1 unspecified atom stereocenters. The van der Waals surface area contributed by atoms with Crippen LogP contribution in [0.25, 0.3) is 16.6 Å². The number of pyridine rings is 1. The van der Waals surface area contributed by atoms with Gasteiger partial charge in [0.2, 0.25) is 11.8 Å². The molecule has 7 nitrogen and oxygen atoms in total. The number of fused-ring (bicyclic) bond motifs is 1. The van der Waals surface area contributed by atoms with Crippen LogP contribution in [0.2, 0.25) is 0 Å². The molecular weight excluding hydrogens is 354 g/mol. The van der Waals surface area contributed by atoms with Gasteiger partial charge < -0.3 is 9.64 Å². The minimum absolute atomic E-state index is 0.149. The molecule has 1 saturated carbocycles. The van der Waals surface area contributed by atoms with Crippen LogP contribution in [-0.2, 0) is 4.79 Å². The van der Waals surface area contributed by atoms with Gasteiger partial charge in [-0.1, -0.05) is 19.3 Å². The molecule has 2 aliphatic rings. The van der Waals surface area contributed by atoms with Gasteiger partial charge in [0.25, 0.3) is 0 Å². The first-order valence-corrected chi connectivity index (χ1v) is 9.40. The van der Waals surface area contributed by atoms with Crippen LogP contribution in [0, 0.1) is 17.2 Å². The van der Waals surface area contributed by atoms with E-state index in [1.807, 2.05) is 30.5 Å². The van der Waals surface area contributed by atoms with Crippen molar-refractivity contribution in [2.75, 3.05) is 18.6 Å². The summed E-state index contributed by atoms with van der Waals surface area (Å²) >= 11 is 0. The second kappa shape index (κ2) is 7.69. The molecule has 1 aliphatic carbocycles. The van der Waals surface area contributed by atoms with Gasteiger partial charge >= 0.3 is 0 Å². The minimum Gasteiger partial charge on any atom is -0.481 e. The van der Waals surface area contributed by atoms with Crippen LogP contribution in [-0.4, -0.2) is 34.2 Å². The molecule has 1 saturated heterocycles. The van der Waals surface area contributed by atoms with Gasteiger partial charge in [0, 0.05) is 36.8 Å². The predicted octanol–water partition coefficient (Wildman–Crippen LogP) is 3.45. The Morgan fingerprint density at radius 1 is 1.18 bits per heavy atom. The first kappa shape index (κ1) is 18.0. The lowest BCUT2D eigenvalue weighted by Crippen LogP contribution is -2.27. The molecule has 28 heavy (non-hydrogen) atoms. The predicted molar refractivity (Wildman–Crippen MR) is 105 cm³/mol. The SMILES string of the molecule is C1CC1.COc1cc(-c2cc3c(N4CCC(C#N)C4=O)ccnn3c2)ccn1. The zero-order valence-corrected chi connectivity index (χ0v) is 15.7. The molecule has 2 fully saturated rings. The number of amides is 1. The third-order valence-electron chi connectivity index (χ3n) is 4.77. The van der Waals surface area contributed by atoms with Crippen molar-refractivity contribution in [1.82, 2.24) is 14.6 Å². The van der Waals surface area contributed by atoms with E-state index in [0.29, 0.717) is 18.8 Å². The van der Waals surface area contributed by atoms with E-state index in [4.69, 9.17) is 10.00 Å². The molecule has 0 radical (unpaired) electrons. The van der Waals surface area contributed by atoms with E-state index in [1.54, 1.807) is 28.9 Å². The monoisotopic (exact) mass is 375 g/mol. The Morgan fingerprint density at radius 3 is 2.68 bits per heavy atom. The van der Waals surface area contributed by atoms with Gasteiger partial charge in [0.1, 0.15) is 5.92 Å². The molecule has 7 heteroatoms. The number of carbonyl (C=O) groups is 1. The highest BCUT2D eigenvalue weighted by Gasteiger charge is 2.33. The van der Waals surface area contributed by atoms with Crippen LogP contribution in [0.5, 0.6) is 5.88 Å². The number of anilines is 1. The molecule has 3 aromatic rings. The summed E-state index contributed by atoms with van der Waals surface area (Å²) in [6.07, 6.45) is 10.3. The molecule has 142 valence electrons. The van der Waals surface area contributed by atoms with Crippen LogP contribution >= 0.6 is 0 Å². The first-order chi connectivity index (χ1) is 13.7. The summed E-state index contributed by atoms with van der Waals surface area (Å²) < 4.78 is 6.92.